The minimum absolute atomic E-state index is 0.0361. The normalized spacial score (nSPS) is 23.0. The zero-order valence-electron chi connectivity index (χ0n) is 20.2. The number of hydrogen-bond acceptors (Lipinski definition) is 3. The van der Waals surface area contributed by atoms with E-state index < -0.39 is 0 Å². The maximum Gasteiger partial charge on any atom is 0.415 e. The van der Waals surface area contributed by atoms with Crippen molar-refractivity contribution in [3.8, 4) is 5.75 Å². The Labute approximate surface area is 212 Å². The van der Waals surface area contributed by atoms with Crippen LogP contribution in [0.5, 0.6) is 5.75 Å². The number of nitrogens with zero attached hydrogens (tertiary/aromatic N) is 2. The topological polar surface area (TPSA) is 32.8 Å². The predicted molar refractivity (Wildman–Crippen MR) is 139 cm³/mol. The standard InChI is InChI=1S/C28H32Cl2N2O2/c1-18(31(2)3)19-8-7-9-21(16-19)34-28(33)32(4)27-15-13-22(23-10-5-6-11-24(23)27)20-12-14-25(29)26(30)17-20/h5-12,14,16,18,20,22,27H,13,15,17H2,1-4H3/t18-,20?,22-,27-/m0/s1. The average Bonchev–Trinajstić information content (AvgIpc) is 2.84. The van der Waals surface area contributed by atoms with Crippen LogP contribution in [0.1, 0.15) is 60.9 Å². The number of rotatable bonds is 5. The van der Waals surface area contributed by atoms with Gasteiger partial charge in [-0.15, -0.1) is 0 Å². The Morgan fingerprint density at radius 3 is 2.47 bits per heavy atom. The summed E-state index contributed by atoms with van der Waals surface area (Å²) in [6.45, 7) is 2.13. The molecule has 0 N–H and O–H groups in total. The van der Waals surface area contributed by atoms with E-state index in [-0.39, 0.29) is 18.2 Å². The molecule has 2 aliphatic rings. The molecule has 2 aromatic carbocycles. The van der Waals surface area contributed by atoms with Crippen molar-refractivity contribution in [1.29, 1.82) is 0 Å². The molecule has 0 bridgehead atoms. The van der Waals surface area contributed by atoms with Crippen molar-refractivity contribution in [3.63, 3.8) is 0 Å². The second kappa shape index (κ2) is 10.6. The van der Waals surface area contributed by atoms with Crippen LogP contribution < -0.4 is 4.74 Å². The van der Waals surface area contributed by atoms with Gasteiger partial charge in [0, 0.05) is 18.1 Å². The molecule has 2 aliphatic carbocycles. The van der Waals surface area contributed by atoms with Crippen molar-refractivity contribution in [1.82, 2.24) is 9.80 Å². The van der Waals surface area contributed by atoms with Crippen molar-refractivity contribution in [2.75, 3.05) is 21.1 Å². The Balaban J connectivity index is 1.51. The van der Waals surface area contributed by atoms with E-state index in [4.69, 9.17) is 27.9 Å². The summed E-state index contributed by atoms with van der Waals surface area (Å²) in [6.07, 6.45) is 6.33. The first-order chi connectivity index (χ1) is 16.3. The van der Waals surface area contributed by atoms with Gasteiger partial charge in [0.05, 0.1) is 11.1 Å². The lowest BCUT2D eigenvalue weighted by Gasteiger charge is -2.39. The van der Waals surface area contributed by atoms with Crippen LogP contribution in [0.3, 0.4) is 0 Å². The first-order valence-electron chi connectivity index (χ1n) is 11.8. The Kier molecular flexibility index (Phi) is 7.71. The van der Waals surface area contributed by atoms with Gasteiger partial charge < -0.3 is 14.5 Å². The van der Waals surface area contributed by atoms with Gasteiger partial charge in [0.15, 0.2) is 0 Å². The van der Waals surface area contributed by atoms with Crippen LogP contribution in [0, 0.1) is 5.92 Å². The van der Waals surface area contributed by atoms with E-state index in [1.54, 1.807) is 4.90 Å². The SMILES string of the molecule is C[C@@H](c1cccc(OC(=O)N(C)[C@H]2CC[C@@H](C3C=CC(Cl)=C(Cl)C3)c3ccccc32)c1)N(C)C. The van der Waals surface area contributed by atoms with Crippen molar-refractivity contribution in [3.05, 3.63) is 87.4 Å². The lowest BCUT2D eigenvalue weighted by molar-refractivity contribution is 0.137. The summed E-state index contributed by atoms with van der Waals surface area (Å²) in [5.41, 5.74) is 3.56. The molecule has 0 aliphatic heterocycles. The van der Waals surface area contributed by atoms with Crippen LogP contribution in [0.15, 0.2) is 70.7 Å². The van der Waals surface area contributed by atoms with Crippen molar-refractivity contribution in [2.45, 2.75) is 44.2 Å². The third-order valence-electron chi connectivity index (χ3n) is 7.26. The molecule has 0 saturated heterocycles. The van der Waals surface area contributed by atoms with Crippen LogP contribution in [-0.4, -0.2) is 37.0 Å². The van der Waals surface area contributed by atoms with E-state index in [0.717, 1.165) is 29.9 Å². The maximum atomic E-state index is 13.1. The second-order valence-corrected chi connectivity index (χ2v) is 10.4. The van der Waals surface area contributed by atoms with E-state index in [0.29, 0.717) is 22.6 Å². The zero-order valence-corrected chi connectivity index (χ0v) is 21.7. The highest BCUT2D eigenvalue weighted by molar-refractivity contribution is 6.40. The first kappa shape index (κ1) is 24.8. The second-order valence-electron chi connectivity index (χ2n) is 9.50. The largest absolute Gasteiger partial charge is 0.415 e. The molecule has 0 aromatic heterocycles. The minimum atomic E-state index is -0.344. The average molecular weight is 499 g/mol. The molecule has 2 aromatic rings. The molecule has 1 unspecified atom stereocenters. The Bertz CT molecular complexity index is 1110. The number of carbonyl (C=O) groups is 1. The minimum Gasteiger partial charge on any atom is -0.410 e. The molecule has 180 valence electrons. The Morgan fingerprint density at radius 2 is 1.76 bits per heavy atom. The van der Waals surface area contributed by atoms with Gasteiger partial charge in [-0.25, -0.2) is 4.79 Å². The molecular formula is C28H32Cl2N2O2. The quantitative estimate of drug-likeness (QED) is 0.424. The summed E-state index contributed by atoms with van der Waals surface area (Å²) in [4.78, 5) is 17.0. The van der Waals surface area contributed by atoms with E-state index in [2.05, 4.69) is 42.2 Å². The summed E-state index contributed by atoms with van der Waals surface area (Å²) in [7, 11) is 5.90. The number of benzene rings is 2. The number of allylic oxidation sites excluding steroid dienone is 4. The molecule has 4 rings (SSSR count). The number of carbonyl (C=O) groups excluding carboxylic acids is 1. The summed E-state index contributed by atoms with van der Waals surface area (Å²) in [6, 6.07) is 16.4. The first-order valence-corrected chi connectivity index (χ1v) is 12.5. The summed E-state index contributed by atoms with van der Waals surface area (Å²) in [5.74, 6) is 1.21. The maximum absolute atomic E-state index is 13.1. The smallest absolute Gasteiger partial charge is 0.410 e. The van der Waals surface area contributed by atoms with Gasteiger partial charge in [0.2, 0.25) is 0 Å². The van der Waals surface area contributed by atoms with Crippen LogP contribution in [-0.2, 0) is 0 Å². The third kappa shape index (κ3) is 5.19. The van der Waals surface area contributed by atoms with E-state index in [9.17, 15) is 4.79 Å². The number of halogens is 2. The van der Waals surface area contributed by atoms with Gasteiger partial charge in [-0.3, -0.25) is 0 Å². The summed E-state index contributed by atoms with van der Waals surface area (Å²) in [5, 5.41) is 1.35. The van der Waals surface area contributed by atoms with Crippen molar-refractivity contribution < 1.29 is 9.53 Å². The van der Waals surface area contributed by atoms with Crippen LogP contribution in [0.2, 0.25) is 0 Å². The fraction of sp³-hybridized carbons (Fsp3) is 0.393. The Morgan fingerprint density at radius 1 is 1.03 bits per heavy atom. The van der Waals surface area contributed by atoms with Gasteiger partial charge in [-0.1, -0.05) is 65.7 Å². The molecular weight excluding hydrogens is 467 g/mol. The van der Waals surface area contributed by atoms with E-state index in [1.165, 1.54) is 11.1 Å². The molecule has 34 heavy (non-hydrogen) atoms. The molecule has 4 atom stereocenters. The van der Waals surface area contributed by atoms with Crippen LogP contribution >= 0.6 is 23.2 Å². The van der Waals surface area contributed by atoms with Gasteiger partial charge in [-0.05, 0) is 87.0 Å². The lowest BCUT2D eigenvalue weighted by Crippen LogP contribution is -2.36. The number of amides is 1. The summed E-state index contributed by atoms with van der Waals surface area (Å²) < 4.78 is 5.80. The van der Waals surface area contributed by atoms with Crippen LogP contribution in [0.25, 0.3) is 0 Å². The highest BCUT2D eigenvalue weighted by Crippen LogP contribution is 2.47. The fourth-order valence-electron chi connectivity index (χ4n) is 5.03. The zero-order chi connectivity index (χ0) is 24.4. The lowest BCUT2D eigenvalue weighted by atomic mass is 9.72. The fourth-order valence-corrected chi connectivity index (χ4v) is 5.42. The van der Waals surface area contributed by atoms with Crippen LogP contribution in [0.4, 0.5) is 4.79 Å². The Hall–Kier alpha value is -2.27. The monoisotopic (exact) mass is 498 g/mol. The number of fused-ring (bicyclic) bond motifs is 1. The molecule has 0 radical (unpaired) electrons. The van der Waals surface area contributed by atoms with E-state index >= 15 is 0 Å². The highest BCUT2D eigenvalue weighted by Gasteiger charge is 2.35. The molecule has 1 amide bonds. The van der Waals surface area contributed by atoms with Crippen molar-refractivity contribution in [2.24, 2.45) is 5.92 Å². The number of hydrogen-bond donors (Lipinski definition) is 0. The highest BCUT2D eigenvalue weighted by atomic mass is 35.5. The summed E-state index contributed by atoms with van der Waals surface area (Å²) >= 11 is 12.6. The van der Waals surface area contributed by atoms with Gasteiger partial charge in [0.25, 0.3) is 0 Å². The molecule has 0 saturated carbocycles. The third-order valence-corrected chi connectivity index (χ3v) is 8.07. The number of ether oxygens (including phenoxy) is 1. The van der Waals surface area contributed by atoms with Gasteiger partial charge in [0.1, 0.15) is 5.75 Å². The molecule has 6 heteroatoms. The van der Waals surface area contributed by atoms with Gasteiger partial charge >= 0.3 is 6.09 Å². The van der Waals surface area contributed by atoms with Gasteiger partial charge in [-0.2, -0.15) is 0 Å². The molecule has 0 fully saturated rings. The van der Waals surface area contributed by atoms with E-state index in [1.807, 2.05) is 51.5 Å². The van der Waals surface area contributed by atoms with Crippen molar-refractivity contribution >= 4 is 29.3 Å². The molecule has 0 spiro atoms. The molecule has 0 heterocycles. The molecule has 4 nitrogen and oxygen atoms in total. The predicted octanol–water partition coefficient (Wildman–Crippen LogP) is 7.62.